The summed E-state index contributed by atoms with van der Waals surface area (Å²) < 4.78 is 32.5. The monoisotopic (exact) mass is 673 g/mol. The molecule has 0 N–H and O–H groups in total. The maximum Gasteiger partial charge on any atom is 0.324 e. The van der Waals surface area contributed by atoms with Crippen molar-refractivity contribution in [3.05, 3.63) is 27.1 Å². The number of hydrogen-bond acceptors (Lipinski definition) is 10. The lowest BCUT2D eigenvalue weighted by atomic mass is 9.85. The largest absolute Gasteiger partial charge is 0.415 e. The molecule has 244 valence electrons. The van der Waals surface area contributed by atoms with Gasteiger partial charge in [-0.1, -0.05) is 18.3 Å². The number of carbonyl (C=O) groups excluding carboxylic acids is 2. The van der Waals surface area contributed by atoms with Crippen LogP contribution in [0.2, 0.25) is 58.9 Å². The summed E-state index contributed by atoms with van der Waals surface area (Å²) in [6.07, 6.45) is -0.275. The topological polar surface area (TPSA) is 127 Å². The van der Waals surface area contributed by atoms with E-state index in [2.05, 4.69) is 72.8 Å². The lowest BCUT2D eigenvalue weighted by Crippen LogP contribution is -2.58. The van der Waals surface area contributed by atoms with E-state index in [1.54, 1.807) is 0 Å². The lowest BCUT2D eigenvalue weighted by Gasteiger charge is -2.47. The Balaban J connectivity index is 1.74. The first kappa shape index (κ1) is 36.4. The number of nitrogens with zero attached hydrogens (tertiary/aromatic N) is 1. The molecule has 8 atom stereocenters. The van der Waals surface area contributed by atoms with Crippen LogP contribution in [-0.4, -0.2) is 84.7 Å². The van der Waals surface area contributed by atoms with Crippen LogP contribution in [0.15, 0.2) is 11.4 Å². The molecule has 2 aliphatic rings. The molecule has 10 nitrogen and oxygen atoms in total. The molecule has 0 aromatic carbocycles. The molecule has 0 unspecified atom stereocenters. The van der Waals surface area contributed by atoms with Crippen molar-refractivity contribution < 1.29 is 37.3 Å². The third-order valence-electron chi connectivity index (χ3n) is 7.48. The summed E-state index contributed by atoms with van der Waals surface area (Å²) in [4.78, 5) is 36.4. The van der Waals surface area contributed by atoms with Crippen LogP contribution in [-0.2, 0) is 27.5 Å². The van der Waals surface area contributed by atoms with Crippen molar-refractivity contribution in [1.29, 1.82) is 0 Å². The van der Waals surface area contributed by atoms with Gasteiger partial charge in [0.25, 0.3) is 0 Å². The number of epoxide rings is 1. The zero-order valence-corrected chi connectivity index (χ0v) is 31.4. The zero-order chi connectivity index (χ0) is 32.5. The Labute approximate surface area is 263 Å². The van der Waals surface area contributed by atoms with Crippen LogP contribution in [0, 0.1) is 22.0 Å². The van der Waals surface area contributed by atoms with Gasteiger partial charge < -0.3 is 22.8 Å². The number of rotatable bonds is 16. The minimum atomic E-state index is -2.08. The van der Waals surface area contributed by atoms with E-state index in [4.69, 9.17) is 22.8 Å². The van der Waals surface area contributed by atoms with Gasteiger partial charge in [0.05, 0.1) is 48.5 Å². The van der Waals surface area contributed by atoms with Gasteiger partial charge in [0.1, 0.15) is 5.78 Å². The number of ether oxygens (including phenoxy) is 2. The summed E-state index contributed by atoms with van der Waals surface area (Å²) in [5.74, 6) is -0.683. The van der Waals surface area contributed by atoms with Crippen molar-refractivity contribution in [1.82, 2.24) is 0 Å². The Morgan fingerprint density at radius 3 is 2.14 bits per heavy atom. The fourth-order valence-electron chi connectivity index (χ4n) is 5.60. The molecule has 2 aliphatic heterocycles. The maximum atomic E-state index is 13.2. The summed E-state index contributed by atoms with van der Waals surface area (Å²) in [5.41, 5.74) is 0.192. The van der Waals surface area contributed by atoms with Gasteiger partial charge in [-0.25, -0.2) is 0 Å². The van der Waals surface area contributed by atoms with Crippen molar-refractivity contribution in [2.24, 2.45) is 11.8 Å². The first-order chi connectivity index (χ1) is 19.6. The second-order valence-corrected chi connectivity index (χ2v) is 29.2. The molecule has 43 heavy (non-hydrogen) atoms. The Morgan fingerprint density at radius 1 is 1.00 bits per heavy atom. The van der Waals surface area contributed by atoms with Crippen LogP contribution in [0.1, 0.15) is 43.5 Å². The molecule has 3 heterocycles. The van der Waals surface area contributed by atoms with Crippen molar-refractivity contribution >= 4 is 52.9 Å². The molecule has 0 aliphatic carbocycles. The van der Waals surface area contributed by atoms with E-state index in [0.29, 0.717) is 13.0 Å². The minimum Gasteiger partial charge on any atom is -0.415 e. The Kier molecular flexibility index (Phi) is 11.9. The third kappa shape index (κ3) is 11.3. The van der Waals surface area contributed by atoms with Gasteiger partial charge in [0.15, 0.2) is 30.7 Å². The van der Waals surface area contributed by atoms with Crippen LogP contribution in [0.5, 0.6) is 0 Å². The molecule has 1 aromatic rings. The predicted octanol–water partition coefficient (Wildman–Crippen LogP) is 6.68. The Morgan fingerprint density at radius 2 is 1.60 bits per heavy atom. The molecule has 0 amide bonds. The van der Waals surface area contributed by atoms with Gasteiger partial charge in [-0.05, 0) is 65.8 Å². The van der Waals surface area contributed by atoms with Gasteiger partial charge >= 0.3 is 5.00 Å². The number of thiophene rings is 1. The normalized spacial score (nSPS) is 27.9. The smallest absolute Gasteiger partial charge is 0.324 e. The van der Waals surface area contributed by atoms with Crippen molar-refractivity contribution in [3.8, 4) is 0 Å². The molecular weight excluding hydrogens is 623 g/mol. The fraction of sp³-hybridized carbons (Fsp3) is 0.793. The lowest BCUT2D eigenvalue weighted by molar-refractivity contribution is -0.380. The molecule has 2 fully saturated rings. The number of ketones is 2. The highest BCUT2D eigenvalue weighted by Crippen LogP contribution is 2.40. The summed E-state index contributed by atoms with van der Waals surface area (Å²) in [6.45, 7) is 24.0. The van der Waals surface area contributed by atoms with E-state index >= 15 is 0 Å². The van der Waals surface area contributed by atoms with E-state index in [1.165, 1.54) is 11.4 Å². The molecule has 3 rings (SSSR count). The quantitative estimate of drug-likeness (QED) is 0.0472. The highest BCUT2D eigenvalue weighted by atomic mass is 32.1. The van der Waals surface area contributed by atoms with Crippen LogP contribution in [0.4, 0.5) is 5.00 Å². The summed E-state index contributed by atoms with van der Waals surface area (Å²) in [5, 5.41) is 12.3. The van der Waals surface area contributed by atoms with E-state index in [9.17, 15) is 19.7 Å². The van der Waals surface area contributed by atoms with E-state index in [-0.39, 0.29) is 77.6 Å². The summed E-state index contributed by atoms with van der Waals surface area (Å²) in [7, 11) is -5.81. The average Bonchev–Trinajstić information content (AvgIpc) is 3.39. The van der Waals surface area contributed by atoms with Crippen LogP contribution < -0.4 is 0 Å². The van der Waals surface area contributed by atoms with Crippen LogP contribution in [0.3, 0.4) is 0 Å². The van der Waals surface area contributed by atoms with Gasteiger partial charge in [-0.2, -0.15) is 0 Å². The van der Waals surface area contributed by atoms with Gasteiger partial charge in [0, 0.05) is 47.8 Å². The van der Waals surface area contributed by atoms with Crippen LogP contribution >= 0.6 is 11.3 Å². The number of Topliss-reactive ketones (excluding diaryl/α,β-unsaturated/α-hetero) is 2. The first-order valence-corrected chi connectivity index (χ1v) is 26.3. The van der Waals surface area contributed by atoms with E-state index < -0.39 is 35.7 Å². The molecule has 14 heteroatoms. The molecule has 1 aromatic heterocycles. The standard InChI is InChI=1S/C29H51NO9SSi3/c1-18(19(2)37-41(3,4)5)27-25(36-27)15-24-29(39-43(9,10)11)28(38-42(6,7)8)20(16-35-24)12-22(31)14-23(32)21-13-26(30(33)34)40-17-21/h13,17-20,24-25,27-29H,12,14-16H2,1-11H3/t18-,19+,20+,24+,25+,27+,28-,29-/m1/s1. The third-order valence-corrected chi connectivity index (χ3v) is 11.4. The van der Waals surface area contributed by atoms with Crippen LogP contribution in [0.25, 0.3) is 0 Å². The number of hydrogen-bond donors (Lipinski definition) is 0. The van der Waals surface area contributed by atoms with Gasteiger partial charge in [-0.15, -0.1) is 0 Å². The summed E-state index contributed by atoms with van der Waals surface area (Å²) >= 11 is 0.882. The van der Waals surface area contributed by atoms with Gasteiger partial charge in [-0.3, -0.25) is 19.7 Å². The zero-order valence-electron chi connectivity index (χ0n) is 27.6. The van der Waals surface area contributed by atoms with Gasteiger partial charge in [0.2, 0.25) is 0 Å². The van der Waals surface area contributed by atoms with E-state index in [1.807, 2.05) is 0 Å². The highest BCUT2D eigenvalue weighted by molar-refractivity contribution is 7.13. The Bertz CT molecular complexity index is 1140. The number of carbonyl (C=O) groups is 2. The second kappa shape index (κ2) is 14.1. The van der Waals surface area contributed by atoms with Crippen molar-refractivity contribution in [2.75, 3.05) is 6.61 Å². The number of nitro groups is 1. The molecule has 0 bridgehead atoms. The Hall–Kier alpha value is -1.11. The summed E-state index contributed by atoms with van der Waals surface area (Å²) in [6, 6.07) is 1.23. The predicted molar refractivity (Wildman–Crippen MR) is 176 cm³/mol. The highest BCUT2D eigenvalue weighted by Gasteiger charge is 2.52. The minimum absolute atomic E-state index is 0.0402. The molecule has 0 spiro atoms. The SMILES string of the molecule is C[C@@H]([C@@H]1O[C@H]1C[C@@H]1OC[C@H](CC(=O)CC(=O)c2csc([N+](=O)[O-])c2)[C@@H](O[Si](C)(C)C)[C@@H]1O[Si](C)(C)C)[C@H](C)O[Si](C)(C)C. The molecule has 0 saturated carbocycles. The maximum absolute atomic E-state index is 13.2. The fourth-order valence-corrected chi connectivity index (χ4v) is 9.90. The van der Waals surface area contributed by atoms with Crippen molar-refractivity contribution in [2.45, 2.75) is 129 Å². The second-order valence-electron chi connectivity index (χ2n) is 15.0. The van der Waals surface area contributed by atoms with Crippen molar-refractivity contribution in [3.63, 3.8) is 0 Å². The molecule has 2 saturated heterocycles. The molecular formula is C29H51NO9SSi3. The van der Waals surface area contributed by atoms with E-state index in [0.717, 1.165) is 11.3 Å². The molecule has 0 radical (unpaired) electrons. The first-order valence-electron chi connectivity index (χ1n) is 15.2. The average molecular weight is 674 g/mol.